The fourth-order valence-electron chi connectivity index (χ4n) is 2.92. The third-order valence-electron chi connectivity index (χ3n) is 3.85. The van der Waals surface area contributed by atoms with Gasteiger partial charge >= 0.3 is 0 Å². The van der Waals surface area contributed by atoms with Crippen LogP contribution in [-0.2, 0) is 16.6 Å². The number of nitrogens with one attached hydrogen (secondary N) is 1. The maximum Gasteiger partial charge on any atom is 0.246 e. The van der Waals surface area contributed by atoms with Gasteiger partial charge in [0.05, 0.1) is 12.7 Å². The maximum absolute atomic E-state index is 12.7. The first kappa shape index (κ1) is 16.5. The lowest BCUT2D eigenvalue weighted by molar-refractivity contribution is 0.222. The number of hydrogen-bond acceptors (Lipinski definition) is 4. The molecule has 0 saturated carbocycles. The Labute approximate surface area is 127 Å². The minimum absolute atomic E-state index is 0.306. The lowest BCUT2D eigenvalue weighted by Gasteiger charge is -2.33. The van der Waals surface area contributed by atoms with Crippen LogP contribution in [0.5, 0.6) is 0 Å². The van der Waals surface area contributed by atoms with E-state index in [9.17, 15) is 8.42 Å². The molecule has 0 bridgehead atoms. The van der Waals surface area contributed by atoms with E-state index in [4.69, 9.17) is 0 Å². The highest BCUT2D eigenvalue weighted by molar-refractivity contribution is 7.89. The minimum Gasteiger partial charge on any atom is -0.315 e. The molecule has 0 amide bonds. The Balaban J connectivity index is 2.08. The molecule has 1 aliphatic rings. The molecule has 1 fully saturated rings. The van der Waals surface area contributed by atoms with Gasteiger partial charge in [0.25, 0.3) is 0 Å². The van der Waals surface area contributed by atoms with Crippen molar-refractivity contribution in [3.05, 3.63) is 12.4 Å². The molecule has 7 heteroatoms. The Morgan fingerprint density at radius 2 is 2.00 bits per heavy atom. The molecule has 0 aliphatic carbocycles. The Hall–Kier alpha value is -0.920. The van der Waals surface area contributed by atoms with Crippen LogP contribution in [0.3, 0.4) is 0 Å². The normalized spacial score (nSPS) is 24.3. The van der Waals surface area contributed by atoms with E-state index >= 15 is 0 Å². The molecule has 2 unspecified atom stereocenters. The van der Waals surface area contributed by atoms with Crippen molar-refractivity contribution in [2.45, 2.75) is 38.6 Å². The van der Waals surface area contributed by atoms with Gasteiger partial charge in [-0.3, -0.25) is 4.68 Å². The Kier molecular flexibility index (Phi) is 5.40. The average Bonchev–Trinajstić information content (AvgIpc) is 2.87. The highest BCUT2D eigenvalue weighted by Crippen LogP contribution is 2.26. The molecule has 2 atom stereocenters. The van der Waals surface area contributed by atoms with E-state index in [1.54, 1.807) is 15.2 Å². The summed E-state index contributed by atoms with van der Waals surface area (Å²) in [6.45, 7) is 9.83. The number of nitrogens with zero attached hydrogens (tertiary/aromatic N) is 3. The van der Waals surface area contributed by atoms with Crippen molar-refractivity contribution in [3.63, 3.8) is 0 Å². The van der Waals surface area contributed by atoms with E-state index in [0.29, 0.717) is 36.4 Å². The van der Waals surface area contributed by atoms with Crippen LogP contribution in [0.1, 0.15) is 27.2 Å². The van der Waals surface area contributed by atoms with Crippen molar-refractivity contribution in [1.29, 1.82) is 0 Å². The molecule has 2 heterocycles. The predicted octanol–water partition coefficient (Wildman–Crippen LogP) is 1.16. The van der Waals surface area contributed by atoms with Gasteiger partial charge in [-0.2, -0.15) is 9.40 Å². The molecule has 1 N–H and O–H groups in total. The summed E-state index contributed by atoms with van der Waals surface area (Å²) in [4.78, 5) is 0.306. The SMILES string of the molecule is CCNCCn1cc(S(=O)(=O)N2CC(C)CC(C)C2)cn1. The number of rotatable bonds is 6. The van der Waals surface area contributed by atoms with Crippen LogP contribution in [0.2, 0.25) is 0 Å². The van der Waals surface area contributed by atoms with Crippen LogP contribution in [-0.4, -0.2) is 48.7 Å². The molecule has 0 radical (unpaired) electrons. The Morgan fingerprint density at radius 3 is 2.62 bits per heavy atom. The molecule has 0 spiro atoms. The van der Waals surface area contributed by atoms with E-state index in [-0.39, 0.29) is 0 Å². The molecule has 1 saturated heterocycles. The standard InChI is InChI=1S/C14H26N4O2S/c1-4-15-5-6-17-11-14(8-16-17)21(19,20)18-9-12(2)7-13(3)10-18/h8,11-13,15H,4-7,9-10H2,1-3H3. The smallest absolute Gasteiger partial charge is 0.246 e. The lowest BCUT2D eigenvalue weighted by atomic mass is 9.94. The van der Waals surface area contributed by atoms with Crippen LogP contribution < -0.4 is 5.32 Å². The third kappa shape index (κ3) is 4.05. The van der Waals surface area contributed by atoms with Gasteiger partial charge in [-0.1, -0.05) is 20.8 Å². The summed E-state index contributed by atoms with van der Waals surface area (Å²) < 4.78 is 28.7. The van der Waals surface area contributed by atoms with Crippen molar-refractivity contribution in [3.8, 4) is 0 Å². The average molecular weight is 314 g/mol. The van der Waals surface area contributed by atoms with Crippen molar-refractivity contribution in [1.82, 2.24) is 19.4 Å². The number of piperidine rings is 1. The number of aromatic nitrogens is 2. The fourth-order valence-corrected chi connectivity index (χ4v) is 4.56. The van der Waals surface area contributed by atoms with Crippen LogP contribution in [0, 0.1) is 11.8 Å². The fraction of sp³-hybridized carbons (Fsp3) is 0.786. The van der Waals surface area contributed by atoms with Crippen molar-refractivity contribution in [2.24, 2.45) is 11.8 Å². The zero-order chi connectivity index (χ0) is 15.5. The van der Waals surface area contributed by atoms with E-state index in [2.05, 4.69) is 24.3 Å². The molecule has 6 nitrogen and oxygen atoms in total. The summed E-state index contributed by atoms with van der Waals surface area (Å²) in [5.74, 6) is 0.819. The monoisotopic (exact) mass is 314 g/mol. The van der Waals surface area contributed by atoms with Gasteiger partial charge in [-0.25, -0.2) is 8.42 Å². The number of likely N-dealkylation sites (N-methyl/N-ethyl adjacent to an activating group) is 1. The Bertz CT molecular complexity index is 545. The summed E-state index contributed by atoms with van der Waals surface area (Å²) in [6.07, 6.45) is 4.19. The lowest BCUT2D eigenvalue weighted by Crippen LogP contribution is -2.42. The van der Waals surface area contributed by atoms with E-state index in [1.165, 1.54) is 6.20 Å². The van der Waals surface area contributed by atoms with Gasteiger partial charge in [0.1, 0.15) is 4.90 Å². The quantitative estimate of drug-likeness (QED) is 0.800. The molecule has 1 aromatic heterocycles. The van der Waals surface area contributed by atoms with E-state index < -0.39 is 10.0 Å². The van der Waals surface area contributed by atoms with Gasteiger partial charge in [-0.05, 0) is 24.8 Å². The van der Waals surface area contributed by atoms with Crippen LogP contribution in [0.15, 0.2) is 17.3 Å². The van der Waals surface area contributed by atoms with Crippen molar-refractivity contribution >= 4 is 10.0 Å². The van der Waals surface area contributed by atoms with Gasteiger partial charge in [-0.15, -0.1) is 0 Å². The van der Waals surface area contributed by atoms with Crippen molar-refractivity contribution < 1.29 is 8.42 Å². The molecule has 2 rings (SSSR count). The van der Waals surface area contributed by atoms with Gasteiger partial charge in [0, 0.05) is 25.8 Å². The maximum atomic E-state index is 12.7. The zero-order valence-corrected chi connectivity index (χ0v) is 13.9. The number of sulfonamides is 1. The summed E-state index contributed by atoms with van der Waals surface area (Å²) in [5.41, 5.74) is 0. The predicted molar refractivity (Wildman–Crippen MR) is 82.5 cm³/mol. The second-order valence-electron chi connectivity index (χ2n) is 6.06. The van der Waals surface area contributed by atoms with Crippen LogP contribution in [0.4, 0.5) is 0 Å². The summed E-state index contributed by atoms with van der Waals surface area (Å²) in [6, 6.07) is 0. The third-order valence-corrected chi connectivity index (χ3v) is 5.63. The number of hydrogen-bond donors (Lipinski definition) is 1. The van der Waals surface area contributed by atoms with Crippen LogP contribution in [0.25, 0.3) is 0 Å². The largest absolute Gasteiger partial charge is 0.315 e. The topological polar surface area (TPSA) is 67.2 Å². The first-order valence-corrected chi connectivity index (χ1v) is 9.10. The molecule has 0 aromatic carbocycles. The second-order valence-corrected chi connectivity index (χ2v) is 8.00. The molecular weight excluding hydrogens is 288 g/mol. The minimum atomic E-state index is -3.41. The van der Waals surface area contributed by atoms with Crippen molar-refractivity contribution in [2.75, 3.05) is 26.2 Å². The van der Waals surface area contributed by atoms with Gasteiger partial charge < -0.3 is 5.32 Å². The summed E-state index contributed by atoms with van der Waals surface area (Å²) in [7, 11) is -3.41. The molecule has 1 aromatic rings. The first-order valence-electron chi connectivity index (χ1n) is 7.66. The molecular formula is C14H26N4O2S. The van der Waals surface area contributed by atoms with E-state index in [1.807, 2.05) is 6.92 Å². The second kappa shape index (κ2) is 6.89. The first-order chi connectivity index (χ1) is 9.93. The Morgan fingerprint density at radius 1 is 1.33 bits per heavy atom. The zero-order valence-electron chi connectivity index (χ0n) is 13.1. The molecule has 1 aliphatic heterocycles. The van der Waals surface area contributed by atoms with Gasteiger partial charge in [0.15, 0.2) is 0 Å². The molecule has 120 valence electrons. The summed E-state index contributed by atoms with van der Waals surface area (Å²) in [5, 5.41) is 7.36. The highest BCUT2D eigenvalue weighted by Gasteiger charge is 2.32. The summed E-state index contributed by atoms with van der Waals surface area (Å²) >= 11 is 0. The highest BCUT2D eigenvalue weighted by atomic mass is 32.2. The van der Waals surface area contributed by atoms with Crippen LogP contribution >= 0.6 is 0 Å². The molecule has 21 heavy (non-hydrogen) atoms. The van der Waals surface area contributed by atoms with E-state index in [0.717, 1.165) is 19.5 Å². The van der Waals surface area contributed by atoms with Gasteiger partial charge in [0.2, 0.25) is 10.0 Å².